The molecule has 1 atom stereocenters. The zero-order valence-corrected chi connectivity index (χ0v) is 12.8. The third kappa shape index (κ3) is 4.42. The van der Waals surface area contributed by atoms with Gasteiger partial charge in [0.25, 0.3) is 0 Å². The smallest absolute Gasteiger partial charge is 0.239 e. The Morgan fingerprint density at radius 2 is 1.89 bits per heavy atom. The van der Waals surface area contributed by atoms with Gasteiger partial charge in [0.05, 0.1) is 6.04 Å². The maximum atomic E-state index is 12.0. The first kappa shape index (κ1) is 15.2. The molecule has 4 heteroatoms. The van der Waals surface area contributed by atoms with Crippen LogP contribution in [-0.2, 0) is 11.2 Å². The van der Waals surface area contributed by atoms with Crippen molar-refractivity contribution in [1.82, 2.24) is 4.90 Å². The lowest BCUT2D eigenvalue weighted by Gasteiger charge is -2.23. The molecule has 0 spiro atoms. The number of nitrogens with zero attached hydrogens (tertiary/aromatic N) is 1. The number of carbonyl (C=O) groups is 1. The van der Waals surface area contributed by atoms with Gasteiger partial charge < -0.3 is 10.6 Å². The molecule has 0 aliphatic rings. The summed E-state index contributed by atoms with van der Waals surface area (Å²) < 4.78 is 1.07. The number of nitrogens with two attached hydrogens (primary N) is 1. The lowest BCUT2D eigenvalue weighted by Crippen LogP contribution is -2.45. The number of rotatable bonds is 5. The Bertz CT molecular complexity index is 389. The topological polar surface area (TPSA) is 46.3 Å². The Kier molecular flexibility index (Phi) is 5.82. The summed E-state index contributed by atoms with van der Waals surface area (Å²) in [4.78, 5) is 13.7. The van der Waals surface area contributed by atoms with Crippen molar-refractivity contribution in [3.63, 3.8) is 0 Å². The fourth-order valence-electron chi connectivity index (χ4n) is 1.60. The molecule has 1 rings (SSSR count). The zero-order valence-electron chi connectivity index (χ0n) is 11.2. The van der Waals surface area contributed by atoms with Crippen LogP contribution >= 0.6 is 15.9 Å². The molecule has 3 nitrogen and oxygen atoms in total. The van der Waals surface area contributed by atoms with E-state index in [0.717, 1.165) is 10.9 Å². The predicted molar refractivity (Wildman–Crippen MR) is 78.3 cm³/mol. The van der Waals surface area contributed by atoms with Gasteiger partial charge in [-0.05, 0) is 30.0 Å². The first-order valence-corrected chi connectivity index (χ1v) is 6.96. The Morgan fingerprint density at radius 3 is 2.39 bits per heavy atom. The third-order valence-electron chi connectivity index (χ3n) is 3.03. The van der Waals surface area contributed by atoms with Gasteiger partial charge in [-0.15, -0.1) is 0 Å². The van der Waals surface area contributed by atoms with Crippen molar-refractivity contribution in [3.8, 4) is 0 Å². The molecular weight excluding hydrogens is 292 g/mol. The summed E-state index contributed by atoms with van der Waals surface area (Å²) in [5.41, 5.74) is 7.07. The lowest BCUT2D eigenvalue weighted by atomic mass is 10.0. The Hall–Kier alpha value is -0.870. The molecule has 2 N–H and O–H groups in total. The SMILES string of the molecule is CC(C)[C@H](N)C(=O)N(C)CCc1ccc(Br)cc1. The number of carbonyl (C=O) groups excluding carboxylic acids is 1. The molecule has 0 bridgehead atoms. The van der Waals surface area contributed by atoms with Crippen molar-refractivity contribution in [1.29, 1.82) is 0 Å². The van der Waals surface area contributed by atoms with E-state index in [1.54, 1.807) is 4.90 Å². The average Bonchev–Trinajstić information content (AvgIpc) is 2.35. The molecule has 0 aromatic heterocycles. The van der Waals surface area contributed by atoms with E-state index in [0.29, 0.717) is 6.54 Å². The summed E-state index contributed by atoms with van der Waals surface area (Å²) in [6.07, 6.45) is 0.848. The van der Waals surface area contributed by atoms with Crippen molar-refractivity contribution in [2.75, 3.05) is 13.6 Å². The Labute approximate surface area is 117 Å². The fraction of sp³-hybridized carbons (Fsp3) is 0.500. The number of benzene rings is 1. The van der Waals surface area contributed by atoms with Gasteiger partial charge in [-0.1, -0.05) is 41.9 Å². The molecule has 0 saturated heterocycles. The van der Waals surface area contributed by atoms with E-state index in [1.807, 2.05) is 33.0 Å². The number of hydrogen-bond acceptors (Lipinski definition) is 2. The van der Waals surface area contributed by atoms with Crippen molar-refractivity contribution < 1.29 is 4.79 Å². The number of likely N-dealkylation sites (N-methyl/N-ethyl adjacent to an activating group) is 1. The highest BCUT2D eigenvalue weighted by Crippen LogP contribution is 2.11. The van der Waals surface area contributed by atoms with Crippen molar-refractivity contribution in [3.05, 3.63) is 34.3 Å². The van der Waals surface area contributed by atoms with Crippen molar-refractivity contribution in [2.24, 2.45) is 11.7 Å². The van der Waals surface area contributed by atoms with E-state index in [-0.39, 0.29) is 11.8 Å². The van der Waals surface area contributed by atoms with E-state index >= 15 is 0 Å². The molecule has 1 aromatic carbocycles. The molecule has 0 heterocycles. The van der Waals surface area contributed by atoms with Crippen LogP contribution in [0, 0.1) is 5.92 Å². The van der Waals surface area contributed by atoms with Gasteiger partial charge in [-0.2, -0.15) is 0 Å². The molecule has 100 valence electrons. The van der Waals surface area contributed by atoms with Gasteiger partial charge >= 0.3 is 0 Å². The highest BCUT2D eigenvalue weighted by Gasteiger charge is 2.20. The first-order valence-electron chi connectivity index (χ1n) is 6.17. The molecule has 0 aliphatic carbocycles. The summed E-state index contributed by atoms with van der Waals surface area (Å²) in [5.74, 6) is 0.190. The molecule has 0 unspecified atom stereocenters. The minimum atomic E-state index is -0.403. The molecule has 0 saturated carbocycles. The van der Waals surface area contributed by atoms with Gasteiger partial charge in [-0.25, -0.2) is 0 Å². The van der Waals surface area contributed by atoms with Gasteiger partial charge in [0.2, 0.25) is 5.91 Å². The Balaban J connectivity index is 2.48. The van der Waals surface area contributed by atoms with Crippen LogP contribution in [0.2, 0.25) is 0 Å². The van der Waals surface area contributed by atoms with Crippen LogP contribution in [0.25, 0.3) is 0 Å². The van der Waals surface area contributed by atoms with Crippen molar-refractivity contribution >= 4 is 21.8 Å². The molecule has 1 amide bonds. The summed E-state index contributed by atoms with van der Waals surface area (Å²) >= 11 is 3.40. The normalized spacial score (nSPS) is 12.6. The molecule has 0 aliphatic heterocycles. The van der Waals surface area contributed by atoms with Crippen LogP contribution in [-0.4, -0.2) is 30.4 Å². The number of amides is 1. The third-order valence-corrected chi connectivity index (χ3v) is 3.56. The van der Waals surface area contributed by atoms with E-state index in [1.165, 1.54) is 5.56 Å². The van der Waals surface area contributed by atoms with Crippen LogP contribution in [0.5, 0.6) is 0 Å². The molecular formula is C14H21BrN2O. The van der Waals surface area contributed by atoms with Crippen LogP contribution in [0.3, 0.4) is 0 Å². The van der Waals surface area contributed by atoms with Gasteiger partial charge in [0.15, 0.2) is 0 Å². The molecule has 1 aromatic rings. The summed E-state index contributed by atoms with van der Waals surface area (Å²) in [6.45, 7) is 4.62. The van der Waals surface area contributed by atoms with Crippen LogP contribution in [0.1, 0.15) is 19.4 Å². The number of halogens is 1. The van der Waals surface area contributed by atoms with Gasteiger partial charge in [0, 0.05) is 18.1 Å². The summed E-state index contributed by atoms with van der Waals surface area (Å²) in [5, 5.41) is 0. The second-order valence-electron chi connectivity index (χ2n) is 4.91. The quantitative estimate of drug-likeness (QED) is 0.907. The van der Waals surface area contributed by atoms with Crippen LogP contribution < -0.4 is 5.73 Å². The van der Waals surface area contributed by atoms with Gasteiger partial charge in [-0.3, -0.25) is 4.79 Å². The van der Waals surface area contributed by atoms with Crippen LogP contribution in [0.4, 0.5) is 0 Å². The van der Waals surface area contributed by atoms with E-state index in [9.17, 15) is 4.79 Å². The van der Waals surface area contributed by atoms with E-state index < -0.39 is 6.04 Å². The highest BCUT2D eigenvalue weighted by molar-refractivity contribution is 9.10. The van der Waals surface area contributed by atoms with E-state index in [4.69, 9.17) is 5.73 Å². The molecule has 0 radical (unpaired) electrons. The zero-order chi connectivity index (χ0) is 13.7. The summed E-state index contributed by atoms with van der Waals surface area (Å²) in [6, 6.07) is 7.74. The van der Waals surface area contributed by atoms with Crippen LogP contribution in [0.15, 0.2) is 28.7 Å². The predicted octanol–water partition coefficient (Wildman–Crippen LogP) is 2.43. The van der Waals surface area contributed by atoms with E-state index in [2.05, 4.69) is 28.1 Å². The second-order valence-corrected chi connectivity index (χ2v) is 5.82. The lowest BCUT2D eigenvalue weighted by molar-refractivity contribution is -0.132. The standard InChI is InChI=1S/C14H21BrN2O/c1-10(2)13(16)14(18)17(3)9-8-11-4-6-12(15)7-5-11/h4-7,10,13H,8-9,16H2,1-3H3/t13-/m0/s1. The monoisotopic (exact) mass is 312 g/mol. The summed E-state index contributed by atoms with van der Waals surface area (Å²) in [7, 11) is 1.81. The first-order chi connectivity index (χ1) is 8.41. The highest BCUT2D eigenvalue weighted by atomic mass is 79.9. The average molecular weight is 313 g/mol. The van der Waals surface area contributed by atoms with Crippen molar-refractivity contribution in [2.45, 2.75) is 26.3 Å². The maximum Gasteiger partial charge on any atom is 0.239 e. The Morgan fingerprint density at radius 1 is 1.33 bits per heavy atom. The molecule has 18 heavy (non-hydrogen) atoms. The maximum absolute atomic E-state index is 12.0. The molecule has 0 fully saturated rings. The second kappa shape index (κ2) is 6.90. The minimum Gasteiger partial charge on any atom is -0.344 e. The number of hydrogen-bond donors (Lipinski definition) is 1. The minimum absolute atomic E-state index is 0.0158. The van der Waals surface area contributed by atoms with Gasteiger partial charge in [0.1, 0.15) is 0 Å². The largest absolute Gasteiger partial charge is 0.344 e. The fourth-order valence-corrected chi connectivity index (χ4v) is 1.86.